The molecule has 1 heterocycles. The number of rotatable bonds is 11. The number of nitrogens with zero attached hydrogens (tertiary/aromatic N) is 2. The number of aliphatic hydroxyl groups is 1. The standard InChI is InChI=1S/C27H34N2O5/c1-5-17-34-21-13-11-19(12-14-21)24-23(25(30)20-9-7-10-22(18-20)33-6-2)26(31)27(32)29(24)16-8-15-28(3)4/h7,9-14,18,24,30H,5-6,8,15-17H2,1-4H3. The summed E-state index contributed by atoms with van der Waals surface area (Å²) in [5.74, 6) is -0.176. The first-order chi connectivity index (χ1) is 16.4. The summed E-state index contributed by atoms with van der Waals surface area (Å²) in [7, 11) is 3.93. The Kier molecular flexibility index (Phi) is 8.71. The number of hydrogen-bond acceptors (Lipinski definition) is 6. The van der Waals surface area contributed by atoms with Crippen LogP contribution in [0.5, 0.6) is 11.5 Å². The highest BCUT2D eigenvalue weighted by molar-refractivity contribution is 6.46. The monoisotopic (exact) mass is 466 g/mol. The van der Waals surface area contributed by atoms with Crippen LogP contribution in [0.3, 0.4) is 0 Å². The van der Waals surface area contributed by atoms with E-state index in [1.807, 2.05) is 57.1 Å². The molecule has 2 aromatic rings. The highest BCUT2D eigenvalue weighted by Gasteiger charge is 2.45. The lowest BCUT2D eigenvalue weighted by molar-refractivity contribution is -0.139. The van der Waals surface area contributed by atoms with Gasteiger partial charge in [0.05, 0.1) is 24.8 Å². The molecule has 1 aliphatic heterocycles. The van der Waals surface area contributed by atoms with Crippen molar-refractivity contribution in [2.75, 3.05) is 40.4 Å². The number of carbonyl (C=O) groups excluding carboxylic acids is 2. The van der Waals surface area contributed by atoms with Gasteiger partial charge in [-0.25, -0.2) is 0 Å². The van der Waals surface area contributed by atoms with Crippen LogP contribution in [-0.2, 0) is 9.59 Å². The van der Waals surface area contributed by atoms with Crippen LogP contribution in [0.1, 0.15) is 43.9 Å². The molecule has 0 bridgehead atoms. The maximum absolute atomic E-state index is 13.2. The third kappa shape index (κ3) is 5.78. The number of hydrogen-bond donors (Lipinski definition) is 1. The molecular weight excluding hydrogens is 432 g/mol. The fraction of sp³-hybridized carbons (Fsp3) is 0.407. The first-order valence-corrected chi connectivity index (χ1v) is 11.8. The van der Waals surface area contributed by atoms with E-state index in [0.717, 1.165) is 24.3 Å². The van der Waals surface area contributed by atoms with Crippen molar-refractivity contribution < 1.29 is 24.2 Å². The van der Waals surface area contributed by atoms with Gasteiger partial charge in [0.2, 0.25) is 0 Å². The third-order valence-electron chi connectivity index (χ3n) is 5.63. The van der Waals surface area contributed by atoms with Gasteiger partial charge in [-0.1, -0.05) is 31.2 Å². The van der Waals surface area contributed by atoms with Gasteiger partial charge >= 0.3 is 0 Å². The quantitative estimate of drug-likeness (QED) is 0.303. The van der Waals surface area contributed by atoms with E-state index in [1.54, 1.807) is 29.2 Å². The van der Waals surface area contributed by atoms with Crippen LogP contribution in [0.25, 0.3) is 5.76 Å². The number of amides is 1. The van der Waals surface area contributed by atoms with Crippen molar-refractivity contribution in [2.24, 2.45) is 0 Å². The van der Waals surface area contributed by atoms with Crippen LogP contribution in [0.2, 0.25) is 0 Å². The maximum atomic E-state index is 13.2. The van der Waals surface area contributed by atoms with Crippen LogP contribution in [0, 0.1) is 0 Å². The Labute approximate surface area is 201 Å². The lowest BCUT2D eigenvalue weighted by atomic mass is 9.95. The Hall–Kier alpha value is -3.32. The highest BCUT2D eigenvalue weighted by Crippen LogP contribution is 2.40. The molecule has 0 aliphatic carbocycles. The fourth-order valence-electron chi connectivity index (χ4n) is 4.04. The van der Waals surface area contributed by atoms with Crippen LogP contribution >= 0.6 is 0 Å². The molecule has 0 saturated carbocycles. The first kappa shape index (κ1) is 25.3. The summed E-state index contributed by atoms with van der Waals surface area (Å²) < 4.78 is 11.2. The van der Waals surface area contributed by atoms with E-state index in [9.17, 15) is 14.7 Å². The Morgan fingerprint density at radius 1 is 1.03 bits per heavy atom. The van der Waals surface area contributed by atoms with Crippen LogP contribution in [0.15, 0.2) is 54.1 Å². The molecule has 1 aliphatic rings. The Balaban J connectivity index is 2.04. The first-order valence-electron chi connectivity index (χ1n) is 11.8. The largest absolute Gasteiger partial charge is 0.507 e. The zero-order chi connectivity index (χ0) is 24.7. The van der Waals surface area contributed by atoms with Gasteiger partial charge in [-0.3, -0.25) is 9.59 Å². The summed E-state index contributed by atoms with van der Waals surface area (Å²) in [6, 6.07) is 13.6. The molecule has 2 aromatic carbocycles. The van der Waals surface area contributed by atoms with E-state index in [0.29, 0.717) is 37.5 Å². The van der Waals surface area contributed by atoms with Crippen LogP contribution in [-0.4, -0.2) is 67.0 Å². The molecule has 1 N–H and O–H groups in total. The average molecular weight is 467 g/mol. The van der Waals surface area contributed by atoms with Crippen molar-refractivity contribution in [1.82, 2.24) is 9.80 Å². The highest BCUT2D eigenvalue weighted by atomic mass is 16.5. The summed E-state index contributed by atoms with van der Waals surface area (Å²) >= 11 is 0. The van der Waals surface area contributed by atoms with Crippen molar-refractivity contribution in [3.63, 3.8) is 0 Å². The number of benzene rings is 2. The predicted molar refractivity (Wildman–Crippen MR) is 132 cm³/mol. The number of ether oxygens (including phenoxy) is 2. The minimum Gasteiger partial charge on any atom is -0.507 e. The molecule has 1 amide bonds. The van der Waals surface area contributed by atoms with Gasteiger partial charge < -0.3 is 24.4 Å². The second kappa shape index (κ2) is 11.7. The SMILES string of the molecule is CCCOc1ccc(C2C(=C(O)c3cccc(OCC)c3)C(=O)C(=O)N2CCCN(C)C)cc1. The third-order valence-corrected chi connectivity index (χ3v) is 5.63. The van der Waals surface area contributed by atoms with Crippen molar-refractivity contribution in [3.05, 3.63) is 65.2 Å². The molecule has 1 atom stereocenters. The van der Waals surface area contributed by atoms with E-state index in [1.165, 1.54) is 0 Å². The van der Waals surface area contributed by atoms with Crippen LogP contribution < -0.4 is 9.47 Å². The molecule has 7 heteroatoms. The summed E-state index contributed by atoms with van der Waals surface area (Å²) in [5, 5.41) is 11.2. The zero-order valence-electron chi connectivity index (χ0n) is 20.4. The minimum absolute atomic E-state index is 0.0886. The Morgan fingerprint density at radius 3 is 2.41 bits per heavy atom. The van der Waals surface area contributed by atoms with Crippen molar-refractivity contribution >= 4 is 17.4 Å². The fourth-order valence-corrected chi connectivity index (χ4v) is 4.04. The molecule has 0 aromatic heterocycles. The number of carbonyl (C=O) groups is 2. The second-order valence-electron chi connectivity index (χ2n) is 8.53. The smallest absolute Gasteiger partial charge is 0.295 e. The normalized spacial score (nSPS) is 17.4. The van der Waals surface area contributed by atoms with E-state index in [2.05, 4.69) is 0 Å². The van der Waals surface area contributed by atoms with Gasteiger partial charge in [-0.2, -0.15) is 0 Å². The summed E-state index contributed by atoms with van der Waals surface area (Å²) in [4.78, 5) is 29.8. The van der Waals surface area contributed by atoms with Gasteiger partial charge in [0.15, 0.2) is 0 Å². The molecule has 0 spiro atoms. The van der Waals surface area contributed by atoms with E-state index >= 15 is 0 Å². The van der Waals surface area contributed by atoms with Gasteiger partial charge in [0.1, 0.15) is 17.3 Å². The van der Waals surface area contributed by atoms with Gasteiger partial charge in [0, 0.05) is 12.1 Å². The average Bonchev–Trinajstić information content (AvgIpc) is 3.08. The zero-order valence-corrected chi connectivity index (χ0v) is 20.4. The van der Waals surface area contributed by atoms with E-state index in [-0.39, 0.29) is 11.3 Å². The van der Waals surface area contributed by atoms with Crippen molar-refractivity contribution in [3.8, 4) is 11.5 Å². The lowest BCUT2D eigenvalue weighted by Crippen LogP contribution is -2.32. The summed E-state index contributed by atoms with van der Waals surface area (Å²) in [5.41, 5.74) is 1.27. The Bertz CT molecular complexity index is 1030. The molecular formula is C27H34N2O5. The maximum Gasteiger partial charge on any atom is 0.295 e. The van der Waals surface area contributed by atoms with Crippen LogP contribution in [0.4, 0.5) is 0 Å². The van der Waals surface area contributed by atoms with Gasteiger partial charge in [-0.15, -0.1) is 0 Å². The molecule has 182 valence electrons. The molecule has 1 unspecified atom stereocenters. The lowest BCUT2D eigenvalue weighted by Gasteiger charge is -2.26. The molecule has 1 saturated heterocycles. The number of aliphatic hydroxyl groups excluding tert-OH is 1. The van der Waals surface area contributed by atoms with Gasteiger partial charge in [-0.05, 0) is 70.2 Å². The molecule has 34 heavy (non-hydrogen) atoms. The molecule has 7 nitrogen and oxygen atoms in total. The minimum atomic E-state index is -0.682. The topological polar surface area (TPSA) is 79.3 Å². The Morgan fingerprint density at radius 2 is 1.76 bits per heavy atom. The summed E-state index contributed by atoms with van der Waals surface area (Å²) in [6.45, 7) is 6.18. The molecule has 3 rings (SSSR count). The molecule has 1 fully saturated rings. The number of ketones is 1. The van der Waals surface area contributed by atoms with Crippen molar-refractivity contribution in [1.29, 1.82) is 0 Å². The van der Waals surface area contributed by atoms with Gasteiger partial charge in [0.25, 0.3) is 11.7 Å². The second-order valence-corrected chi connectivity index (χ2v) is 8.53. The number of Topliss-reactive ketones (excluding diaryl/α,β-unsaturated/α-hetero) is 1. The molecule has 0 radical (unpaired) electrons. The van der Waals surface area contributed by atoms with E-state index < -0.39 is 17.7 Å². The van der Waals surface area contributed by atoms with E-state index in [4.69, 9.17) is 9.47 Å². The number of likely N-dealkylation sites (tertiary alicyclic amines) is 1. The van der Waals surface area contributed by atoms with Crippen molar-refractivity contribution in [2.45, 2.75) is 32.7 Å². The predicted octanol–water partition coefficient (Wildman–Crippen LogP) is 4.25. The summed E-state index contributed by atoms with van der Waals surface area (Å²) in [6.07, 6.45) is 1.60.